The quantitative estimate of drug-likeness (QED) is 0.353. The van der Waals surface area contributed by atoms with Crippen LogP contribution in [0, 0.1) is 5.41 Å². The Labute approximate surface area is 214 Å². The van der Waals surface area contributed by atoms with Gasteiger partial charge in [0.2, 0.25) is 5.91 Å². The Bertz CT molecular complexity index is 998. The number of aliphatic hydroxyl groups is 1. The molecule has 3 rings (SSSR count). The first-order valence-corrected chi connectivity index (χ1v) is 12.9. The second-order valence-electron chi connectivity index (χ2n) is 10.5. The molecule has 4 atom stereocenters. The summed E-state index contributed by atoms with van der Waals surface area (Å²) in [5, 5.41) is 11.8. The molecule has 1 saturated heterocycles. The van der Waals surface area contributed by atoms with Gasteiger partial charge in [-0.25, -0.2) is 0 Å². The maximum atomic E-state index is 14.2. The fourth-order valence-corrected chi connectivity index (χ4v) is 5.67. The van der Waals surface area contributed by atoms with Gasteiger partial charge in [0.25, 0.3) is 0 Å². The van der Waals surface area contributed by atoms with Crippen LogP contribution >= 0.6 is 23.2 Å². The van der Waals surface area contributed by atoms with Crippen LogP contribution in [0.4, 0.5) is 0 Å². The highest BCUT2D eigenvalue weighted by Crippen LogP contribution is 2.52. The molecule has 0 bridgehead atoms. The van der Waals surface area contributed by atoms with Crippen LogP contribution in [0.3, 0.4) is 0 Å². The van der Waals surface area contributed by atoms with E-state index in [1.807, 2.05) is 62.4 Å². The predicted molar refractivity (Wildman–Crippen MR) is 142 cm³/mol. The summed E-state index contributed by atoms with van der Waals surface area (Å²) < 4.78 is 0. The van der Waals surface area contributed by atoms with Crippen LogP contribution in [-0.2, 0) is 4.79 Å². The van der Waals surface area contributed by atoms with Gasteiger partial charge in [0, 0.05) is 22.0 Å². The molecule has 1 heterocycles. The van der Waals surface area contributed by atoms with Crippen molar-refractivity contribution in [2.45, 2.75) is 83.4 Å². The van der Waals surface area contributed by atoms with Gasteiger partial charge in [0.05, 0.1) is 17.1 Å². The number of likely N-dealkylation sites (tertiary alicyclic amines) is 1. The Hall–Kier alpha value is -1.81. The van der Waals surface area contributed by atoms with E-state index in [0.29, 0.717) is 29.3 Å². The van der Waals surface area contributed by atoms with Crippen molar-refractivity contribution < 1.29 is 9.90 Å². The molecular formula is C29H37Cl2NO2. The van der Waals surface area contributed by atoms with E-state index in [1.54, 1.807) is 0 Å². The molecule has 0 aliphatic carbocycles. The molecule has 1 N–H and O–H groups in total. The summed E-state index contributed by atoms with van der Waals surface area (Å²) in [5.41, 5.74) is 0.821. The van der Waals surface area contributed by atoms with Crippen molar-refractivity contribution in [1.29, 1.82) is 0 Å². The van der Waals surface area contributed by atoms with Gasteiger partial charge in [-0.3, -0.25) is 4.79 Å². The third-order valence-corrected chi connectivity index (χ3v) is 7.63. The smallest absolute Gasteiger partial charge is 0.229 e. The standard InChI is InChI=1S/C29H37Cl2NO2/c1-6-16-29(5)19-25(21-9-8-10-23(31)18-21)26(20-11-13-22(30)14-12-20)32(27(29)33)24(7-2)15-17-28(3,4)34/h6,8-14,18,24-26,34H,1,7,15-17,19H2,2-5H3/t24?,25-,26-,29+/m1/s1. The fourth-order valence-electron chi connectivity index (χ4n) is 5.35. The van der Waals surface area contributed by atoms with Gasteiger partial charge in [0.1, 0.15) is 0 Å². The molecule has 1 amide bonds. The summed E-state index contributed by atoms with van der Waals surface area (Å²) in [6.45, 7) is 11.8. The third-order valence-electron chi connectivity index (χ3n) is 7.14. The molecule has 0 spiro atoms. The molecule has 34 heavy (non-hydrogen) atoms. The van der Waals surface area contributed by atoms with E-state index in [2.05, 4.69) is 31.4 Å². The number of carbonyl (C=O) groups excluding carboxylic acids is 1. The van der Waals surface area contributed by atoms with Crippen molar-refractivity contribution >= 4 is 29.1 Å². The third kappa shape index (κ3) is 6.05. The lowest BCUT2D eigenvalue weighted by Crippen LogP contribution is -2.55. The molecule has 1 unspecified atom stereocenters. The second kappa shape index (κ2) is 10.8. The Kier molecular flexibility index (Phi) is 8.55. The van der Waals surface area contributed by atoms with E-state index in [9.17, 15) is 9.90 Å². The largest absolute Gasteiger partial charge is 0.390 e. The SMILES string of the molecule is C=CC[C@@]1(C)C[C@H](c2cccc(Cl)c2)[C@@H](c2ccc(Cl)cc2)N(C(CC)CCC(C)(C)O)C1=O. The number of nitrogens with zero attached hydrogens (tertiary/aromatic N) is 1. The van der Waals surface area contributed by atoms with Crippen molar-refractivity contribution in [3.63, 3.8) is 0 Å². The minimum Gasteiger partial charge on any atom is -0.390 e. The topological polar surface area (TPSA) is 40.5 Å². The Morgan fingerprint density at radius 1 is 1.18 bits per heavy atom. The fraction of sp³-hybridized carbons (Fsp3) is 0.483. The van der Waals surface area contributed by atoms with Crippen LogP contribution in [0.5, 0.6) is 0 Å². The zero-order valence-corrected chi connectivity index (χ0v) is 22.2. The Morgan fingerprint density at radius 2 is 1.85 bits per heavy atom. The van der Waals surface area contributed by atoms with Gasteiger partial charge in [-0.2, -0.15) is 0 Å². The molecular weight excluding hydrogens is 465 g/mol. The summed E-state index contributed by atoms with van der Waals surface area (Å²) in [7, 11) is 0. The van der Waals surface area contributed by atoms with Gasteiger partial charge in [-0.05, 0) is 81.3 Å². The summed E-state index contributed by atoms with van der Waals surface area (Å²) in [4.78, 5) is 16.3. The normalized spacial score (nSPS) is 24.2. The highest BCUT2D eigenvalue weighted by Gasteiger charge is 2.50. The number of allylic oxidation sites excluding steroid dienone is 1. The first kappa shape index (κ1) is 26.8. The molecule has 5 heteroatoms. The van der Waals surface area contributed by atoms with Gasteiger partial charge >= 0.3 is 0 Å². The van der Waals surface area contributed by atoms with E-state index < -0.39 is 11.0 Å². The minimum atomic E-state index is -0.793. The van der Waals surface area contributed by atoms with Crippen molar-refractivity contribution in [2.24, 2.45) is 5.41 Å². The van der Waals surface area contributed by atoms with E-state index in [4.69, 9.17) is 23.2 Å². The molecule has 0 aromatic heterocycles. The number of rotatable bonds is 9. The van der Waals surface area contributed by atoms with Crippen LogP contribution in [0.15, 0.2) is 61.2 Å². The molecule has 2 aromatic carbocycles. The number of benzene rings is 2. The number of piperidine rings is 1. The van der Waals surface area contributed by atoms with E-state index in [-0.39, 0.29) is 23.9 Å². The number of amides is 1. The molecule has 3 nitrogen and oxygen atoms in total. The predicted octanol–water partition coefficient (Wildman–Crippen LogP) is 7.96. The lowest BCUT2D eigenvalue weighted by atomic mass is 9.67. The average molecular weight is 503 g/mol. The van der Waals surface area contributed by atoms with E-state index >= 15 is 0 Å². The van der Waals surface area contributed by atoms with E-state index in [0.717, 1.165) is 24.0 Å². The highest BCUT2D eigenvalue weighted by molar-refractivity contribution is 6.30. The Balaban J connectivity index is 2.19. The molecule has 0 radical (unpaired) electrons. The van der Waals surface area contributed by atoms with Crippen LogP contribution < -0.4 is 0 Å². The molecule has 1 aliphatic heterocycles. The van der Waals surface area contributed by atoms with Crippen LogP contribution in [-0.4, -0.2) is 27.6 Å². The van der Waals surface area contributed by atoms with Crippen LogP contribution in [0.25, 0.3) is 0 Å². The maximum absolute atomic E-state index is 14.2. The van der Waals surface area contributed by atoms with Gasteiger partial charge < -0.3 is 10.0 Å². The zero-order valence-electron chi connectivity index (χ0n) is 20.7. The molecule has 2 aromatic rings. The van der Waals surface area contributed by atoms with Crippen molar-refractivity contribution in [1.82, 2.24) is 4.90 Å². The summed E-state index contributed by atoms with van der Waals surface area (Å²) in [5.74, 6) is 0.201. The van der Waals surface area contributed by atoms with Crippen molar-refractivity contribution in [3.05, 3.63) is 82.4 Å². The maximum Gasteiger partial charge on any atom is 0.229 e. The van der Waals surface area contributed by atoms with E-state index in [1.165, 1.54) is 0 Å². The molecule has 1 fully saturated rings. The van der Waals surface area contributed by atoms with Gasteiger partial charge in [0.15, 0.2) is 0 Å². The molecule has 184 valence electrons. The first-order valence-electron chi connectivity index (χ1n) is 12.2. The summed E-state index contributed by atoms with van der Waals surface area (Å²) in [6.07, 6.45) is 5.30. The lowest BCUT2D eigenvalue weighted by molar-refractivity contribution is -0.155. The minimum absolute atomic E-state index is 0.00859. The van der Waals surface area contributed by atoms with Gasteiger partial charge in [-0.15, -0.1) is 6.58 Å². The first-order chi connectivity index (χ1) is 16.0. The van der Waals surface area contributed by atoms with Crippen LogP contribution in [0.2, 0.25) is 10.0 Å². The number of hydrogen-bond donors (Lipinski definition) is 1. The summed E-state index contributed by atoms with van der Waals surface area (Å²) >= 11 is 12.7. The van der Waals surface area contributed by atoms with Gasteiger partial charge in [-0.1, -0.05) is 67.4 Å². The number of hydrogen-bond acceptors (Lipinski definition) is 2. The molecule has 1 aliphatic rings. The van der Waals surface area contributed by atoms with Crippen molar-refractivity contribution in [2.75, 3.05) is 0 Å². The molecule has 0 saturated carbocycles. The number of carbonyl (C=O) groups is 1. The Morgan fingerprint density at radius 3 is 2.41 bits per heavy atom. The lowest BCUT2D eigenvalue weighted by Gasteiger charge is -2.52. The average Bonchev–Trinajstić information content (AvgIpc) is 2.77. The number of halogens is 2. The van der Waals surface area contributed by atoms with Crippen LogP contribution in [0.1, 0.15) is 82.9 Å². The highest BCUT2D eigenvalue weighted by atomic mass is 35.5. The summed E-state index contributed by atoms with van der Waals surface area (Å²) in [6, 6.07) is 15.7. The second-order valence-corrected chi connectivity index (χ2v) is 11.4. The monoisotopic (exact) mass is 501 g/mol. The zero-order chi connectivity index (χ0) is 25.1. The van der Waals surface area contributed by atoms with Crippen molar-refractivity contribution in [3.8, 4) is 0 Å².